The summed E-state index contributed by atoms with van der Waals surface area (Å²) < 4.78 is 5.43. The van der Waals surface area contributed by atoms with Gasteiger partial charge in [0.2, 0.25) is 0 Å². The standard InChI is InChI=1S/C9H14O4/c10-7(8(11)12)9(3-4-9)6-2-1-5-13-6/h6-7,10H,1-5H2,(H,11,12). The van der Waals surface area contributed by atoms with Crippen LogP contribution in [0.15, 0.2) is 0 Å². The third-order valence-electron chi connectivity index (χ3n) is 3.18. The van der Waals surface area contributed by atoms with E-state index in [-0.39, 0.29) is 6.10 Å². The molecule has 13 heavy (non-hydrogen) atoms. The van der Waals surface area contributed by atoms with E-state index >= 15 is 0 Å². The van der Waals surface area contributed by atoms with E-state index in [1.54, 1.807) is 0 Å². The maximum Gasteiger partial charge on any atom is 0.333 e. The molecule has 2 aliphatic rings. The van der Waals surface area contributed by atoms with Crippen molar-refractivity contribution in [3.63, 3.8) is 0 Å². The zero-order chi connectivity index (χ0) is 9.47. The van der Waals surface area contributed by atoms with Crippen molar-refractivity contribution in [2.75, 3.05) is 6.61 Å². The van der Waals surface area contributed by atoms with Crippen molar-refractivity contribution in [2.24, 2.45) is 5.41 Å². The lowest BCUT2D eigenvalue weighted by atomic mass is 9.90. The number of ether oxygens (including phenoxy) is 1. The summed E-state index contributed by atoms with van der Waals surface area (Å²) in [7, 11) is 0. The van der Waals surface area contributed by atoms with Gasteiger partial charge in [0, 0.05) is 12.0 Å². The second-order valence-corrected chi connectivity index (χ2v) is 3.98. The van der Waals surface area contributed by atoms with E-state index in [4.69, 9.17) is 9.84 Å². The molecule has 0 bridgehead atoms. The molecule has 1 saturated heterocycles. The van der Waals surface area contributed by atoms with Crippen LogP contribution in [-0.2, 0) is 9.53 Å². The maximum absolute atomic E-state index is 10.6. The minimum Gasteiger partial charge on any atom is -0.479 e. The number of rotatable bonds is 3. The van der Waals surface area contributed by atoms with Gasteiger partial charge in [-0.1, -0.05) is 0 Å². The van der Waals surface area contributed by atoms with Crippen LogP contribution < -0.4 is 0 Å². The monoisotopic (exact) mass is 186 g/mol. The predicted octanol–water partition coefficient (Wildman–Crippen LogP) is 0.391. The van der Waals surface area contributed by atoms with Crippen molar-refractivity contribution in [3.05, 3.63) is 0 Å². The molecule has 74 valence electrons. The van der Waals surface area contributed by atoms with Gasteiger partial charge in [0.05, 0.1) is 6.10 Å². The lowest BCUT2D eigenvalue weighted by Gasteiger charge is -2.24. The van der Waals surface area contributed by atoms with Crippen LogP contribution in [0.25, 0.3) is 0 Å². The number of aliphatic hydroxyl groups is 1. The Labute approximate surface area is 76.5 Å². The Morgan fingerprint density at radius 2 is 2.23 bits per heavy atom. The number of aliphatic hydroxyl groups excluding tert-OH is 1. The van der Waals surface area contributed by atoms with Crippen LogP contribution in [-0.4, -0.2) is 35.0 Å². The van der Waals surface area contributed by atoms with Crippen molar-refractivity contribution >= 4 is 5.97 Å². The molecule has 0 spiro atoms. The smallest absolute Gasteiger partial charge is 0.333 e. The molecule has 1 heterocycles. The third kappa shape index (κ3) is 1.34. The van der Waals surface area contributed by atoms with Crippen molar-refractivity contribution < 1.29 is 19.7 Å². The minimum absolute atomic E-state index is 0.0291. The predicted molar refractivity (Wildman–Crippen MR) is 44.3 cm³/mol. The summed E-state index contributed by atoms with van der Waals surface area (Å²) in [4.78, 5) is 10.6. The zero-order valence-corrected chi connectivity index (χ0v) is 7.40. The second kappa shape index (κ2) is 2.96. The van der Waals surface area contributed by atoms with Gasteiger partial charge < -0.3 is 14.9 Å². The Kier molecular flexibility index (Phi) is 2.04. The Bertz CT molecular complexity index is 216. The molecule has 4 heteroatoms. The molecular weight excluding hydrogens is 172 g/mol. The van der Waals surface area contributed by atoms with Crippen LogP contribution in [0.4, 0.5) is 0 Å². The zero-order valence-electron chi connectivity index (χ0n) is 7.40. The molecule has 2 atom stereocenters. The number of carboxylic acids is 1. The fourth-order valence-corrected chi connectivity index (χ4v) is 2.19. The summed E-state index contributed by atoms with van der Waals surface area (Å²) >= 11 is 0. The van der Waals surface area contributed by atoms with Crippen LogP contribution in [0.2, 0.25) is 0 Å². The van der Waals surface area contributed by atoms with Gasteiger partial charge in [0.15, 0.2) is 6.10 Å². The van der Waals surface area contributed by atoms with E-state index in [0.29, 0.717) is 6.61 Å². The Balaban J connectivity index is 2.06. The number of carbonyl (C=O) groups is 1. The van der Waals surface area contributed by atoms with Crippen LogP contribution in [0.5, 0.6) is 0 Å². The number of hydrogen-bond donors (Lipinski definition) is 2. The summed E-state index contributed by atoms with van der Waals surface area (Å²) in [5.41, 5.74) is -0.456. The van der Waals surface area contributed by atoms with Crippen LogP contribution >= 0.6 is 0 Å². The van der Waals surface area contributed by atoms with Gasteiger partial charge in [-0.05, 0) is 25.7 Å². The van der Waals surface area contributed by atoms with E-state index in [9.17, 15) is 9.90 Å². The second-order valence-electron chi connectivity index (χ2n) is 3.98. The normalized spacial score (nSPS) is 32.8. The van der Waals surface area contributed by atoms with E-state index in [2.05, 4.69) is 0 Å². The van der Waals surface area contributed by atoms with E-state index in [1.165, 1.54) is 0 Å². The summed E-state index contributed by atoms with van der Waals surface area (Å²) in [5, 5.41) is 18.2. The molecule has 2 fully saturated rings. The molecule has 2 rings (SSSR count). The molecule has 4 nitrogen and oxygen atoms in total. The Morgan fingerprint density at radius 3 is 2.62 bits per heavy atom. The van der Waals surface area contributed by atoms with Gasteiger partial charge in [0.1, 0.15) is 0 Å². The van der Waals surface area contributed by atoms with Gasteiger partial charge >= 0.3 is 5.97 Å². The molecule has 0 aromatic heterocycles. The first-order chi connectivity index (χ1) is 6.17. The summed E-state index contributed by atoms with van der Waals surface area (Å²) in [6.45, 7) is 0.707. The van der Waals surface area contributed by atoms with Crippen molar-refractivity contribution in [1.82, 2.24) is 0 Å². The first kappa shape index (κ1) is 8.97. The van der Waals surface area contributed by atoms with Crippen LogP contribution in [0.1, 0.15) is 25.7 Å². The van der Waals surface area contributed by atoms with E-state index in [0.717, 1.165) is 25.7 Å². The lowest BCUT2D eigenvalue weighted by molar-refractivity contribution is -0.154. The van der Waals surface area contributed by atoms with Crippen molar-refractivity contribution in [3.8, 4) is 0 Å². The minimum atomic E-state index is -1.24. The highest BCUT2D eigenvalue weighted by Gasteiger charge is 2.58. The Hall–Kier alpha value is -0.610. The third-order valence-corrected chi connectivity index (χ3v) is 3.18. The molecule has 1 aliphatic carbocycles. The lowest BCUT2D eigenvalue weighted by Crippen LogP contribution is -2.38. The van der Waals surface area contributed by atoms with Crippen molar-refractivity contribution in [1.29, 1.82) is 0 Å². The largest absolute Gasteiger partial charge is 0.479 e. The summed E-state index contributed by atoms with van der Waals surface area (Å²) in [5.74, 6) is -1.12. The molecule has 0 amide bonds. The van der Waals surface area contributed by atoms with Gasteiger partial charge in [-0.2, -0.15) is 0 Å². The first-order valence-corrected chi connectivity index (χ1v) is 4.69. The topological polar surface area (TPSA) is 66.8 Å². The average Bonchev–Trinajstić information content (AvgIpc) is 2.72. The summed E-state index contributed by atoms with van der Waals surface area (Å²) in [6.07, 6.45) is 2.17. The van der Waals surface area contributed by atoms with E-state index < -0.39 is 17.5 Å². The number of carboxylic acid groups (broad SMARTS) is 1. The highest BCUT2D eigenvalue weighted by Crippen LogP contribution is 2.55. The number of hydrogen-bond acceptors (Lipinski definition) is 3. The number of aliphatic carboxylic acids is 1. The van der Waals surface area contributed by atoms with Gasteiger partial charge in [-0.15, -0.1) is 0 Å². The molecular formula is C9H14O4. The fraction of sp³-hybridized carbons (Fsp3) is 0.889. The molecule has 2 N–H and O–H groups in total. The molecule has 1 aliphatic heterocycles. The average molecular weight is 186 g/mol. The fourth-order valence-electron chi connectivity index (χ4n) is 2.19. The molecule has 0 aromatic rings. The summed E-state index contributed by atoms with van der Waals surface area (Å²) in [6, 6.07) is 0. The first-order valence-electron chi connectivity index (χ1n) is 4.69. The maximum atomic E-state index is 10.6. The van der Waals surface area contributed by atoms with Gasteiger partial charge in [-0.3, -0.25) is 0 Å². The van der Waals surface area contributed by atoms with E-state index in [1.807, 2.05) is 0 Å². The molecule has 2 unspecified atom stereocenters. The molecule has 0 radical (unpaired) electrons. The van der Waals surface area contributed by atoms with Crippen LogP contribution in [0.3, 0.4) is 0 Å². The van der Waals surface area contributed by atoms with Gasteiger partial charge in [0.25, 0.3) is 0 Å². The van der Waals surface area contributed by atoms with Gasteiger partial charge in [-0.25, -0.2) is 4.79 Å². The molecule has 0 aromatic carbocycles. The van der Waals surface area contributed by atoms with Crippen molar-refractivity contribution in [2.45, 2.75) is 37.9 Å². The highest BCUT2D eigenvalue weighted by atomic mass is 16.5. The quantitative estimate of drug-likeness (QED) is 0.669. The highest BCUT2D eigenvalue weighted by molar-refractivity contribution is 5.74. The SMILES string of the molecule is O=C(O)C(O)C1(C2CCCO2)CC1. The Morgan fingerprint density at radius 1 is 1.54 bits per heavy atom. The van der Waals surface area contributed by atoms with Crippen LogP contribution in [0, 0.1) is 5.41 Å². The molecule has 1 saturated carbocycles.